The van der Waals surface area contributed by atoms with Crippen LogP contribution in [0.25, 0.3) is 5.69 Å². The van der Waals surface area contributed by atoms with Crippen molar-refractivity contribution in [2.45, 2.75) is 12.8 Å². The second-order valence-electron chi connectivity index (χ2n) is 5.43. The van der Waals surface area contributed by atoms with E-state index in [0.717, 1.165) is 5.69 Å². The maximum absolute atomic E-state index is 10.2. The van der Waals surface area contributed by atoms with E-state index in [1.807, 2.05) is 43.3 Å². The number of nitrogens with zero attached hydrogens (tertiary/aromatic N) is 3. The van der Waals surface area contributed by atoms with E-state index in [9.17, 15) is 10.4 Å². The van der Waals surface area contributed by atoms with Gasteiger partial charge < -0.3 is 14.3 Å². The number of fused-ring (bicyclic) bond motifs is 1. The standard InChI is InChI=1S/C18H13N3O3/c1-11-15-16(14-8-5-9-23-14)13(10-19)18(22)24-17(15)21(20-11)12-6-3-2-4-7-12/h2-9,16,22H,1H3/t16-/m1/s1. The largest absolute Gasteiger partial charge is 0.480 e. The molecule has 1 aliphatic heterocycles. The lowest BCUT2D eigenvalue weighted by Crippen LogP contribution is -2.17. The number of aromatic nitrogens is 2. The van der Waals surface area contributed by atoms with Crippen molar-refractivity contribution in [3.63, 3.8) is 0 Å². The van der Waals surface area contributed by atoms with Gasteiger partial charge in [0.05, 0.1) is 29.1 Å². The van der Waals surface area contributed by atoms with Gasteiger partial charge in [-0.05, 0) is 31.2 Å². The first-order valence-electron chi connectivity index (χ1n) is 7.40. The summed E-state index contributed by atoms with van der Waals surface area (Å²) in [5.41, 5.74) is 2.32. The van der Waals surface area contributed by atoms with E-state index in [-0.39, 0.29) is 5.57 Å². The van der Waals surface area contributed by atoms with Crippen LogP contribution < -0.4 is 4.74 Å². The molecule has 3 aromatic rings. The van der Waals surface area contributed by atoms with Crippen LogP contribution in [0.4, 0.5) is 0 Å². The van der Waals surface area contributed by atoms with Crippen molar-refractivity contribution in [2.24, 2.45) is 0 Å². The molecule has 118 valence electrons. The Hall–Kier alpha value is -3.46. The van der Waals surface area contributed by atoms with E-state index in [1.54, 1.807) is 16.8 Å². The monoisotopic (exact) mass is 319 g/mol. The maximum atomic E-state index is 10.2. The first-order chi connectivity index (χ1) is 11.7. The van der Waals surface area contributed by atoms with Gasteiger partial charge in [-0.3, -0.25) is 0 Å². The number of nitriles is 1. The summed E-state index contributed by atoms with van der Waals surface area (Å²) >= 11 is 0. The molecule has 6 heteroatoms. The quantitative estimate of drug-likeness (QED) is 0.780. The molecule has 0 radical (unpaired) electrons. The van der Waals surface area contributed by atoms with Gasteiger partial charge in [0.1, 0.15) is 17.4 Å². The van der Waals surface area contributed by atoms with Gasteiger partial charge in [-0.25, -0.2) is 4.68 Å². The molecule has 2 aromatic heterocycles. The van der Waals surface area contributed by atoms with Crippen LogP contribution in [0.5, 0.6) is 5.88 Å². The summed E-state index contributed by atoms with van der Waals surface area (Å²) in [6, 6.07) is 15.0. The minimum absolute atomic E-state index is 0.105. The van der Waals surface area contributed by atoms with Crippen LogP contribution in [0.2, 0.25) is 0 Å². The molecule has 1 aliphatic rings. The number of aliphatic hydroxyl groups excluding tert-OH is 1. The van der Waals surface area contributed by atoms with Crippen LogP contribution >= 0.6 is 0 Å². The van der Waals surface area contributed by atoms with Gasteiger partial charge in [0.15, 0.2) is 0 Å². The molecule has 1 N–H and O–H groups in total. The normalized spacial score (nSPS) is 16.4. The third kappa shape index (κ3) is 1.99. The zero-order valence-electron chi connectivity index (χ0n) is 12.8. The summed E-state index contributed by atoms with van der Waals surface area (Å²) in [4.78, 5) is 0. The van der Waals surface area contributed by atoms with Gasteiger partial charge in [-0.15, -0.1) is 0 Å². The van der Waals surface area contributed by atoms with Crippen molar-refractivity contribution in [3.8, 4) is 17.6 Å². The SMILES string of the molecule is Cc1nn(-c2ccccc2)c2c1[C@@H](c1ccco1)C(C#N)=C(O)O2. The van der Waals surface area contributed by atoms with Gasteiger partial charge >= 0.3 is 0 Å². The van der Waals surface area contributed by atoms with E-state index in [1.165, 1.54) is 6.26 Å². The molecule has 0 amide bonds. The molecule has 0 saturated heterocycles. The summed E-state index contributed by atoms with van der Waals surface area (Å²) in [7, 11) is 0. The summed E-state index contributed by atoms with van der Waals surface area (Å²) in [6.07, 6.45) is 1.54. The molecular weight excluding hydrogens is 306 g/mol. The smallest absolute Gasteiger partial charge is 0.299 e. The minimum atomic E-state index is -0.550. The highest BCUT2D eigenvalue weighted by Crippen LogP contribution is 2.44. The average molecular weight is 319 g/mol. The van der Waals surface area contributed by atoms with E-state index in [4.69, 9.17) is 9.15 Å². The van der Waals surface area contributed by atoms with E-state index in [0.29, 0.717) is 22.9 Å². The number of hydrogen-bond donors (Lipinski definition) is 1. The van der Waals surface area contributed by atoms with Crippen LogP contribution in [0.15, 0.2) is 64.7 Å². The summed E-state index contributed by atoms with van der Waals surface area (Å²) < 4.78 is 12.6. The Morgan fingerprint density at radius 1 is 1.21 bits per heavy atom. The molecule has 3 heterocycles. The second kappa shape index (κ2) is 5.32. The number of rotatable bonds is 2. The van der Waals surface area contributed by atoms with Crippen molar-refractivity contribution in [2.75, 3.05) is 0 Å². The van der Waals surface area contributed by atoms with E-state index >= 15 is 0 Å². The van der Waals surface area contributed by atoms with Crippen molar-refractivity contribution in [3.05, 3.63) is 77.3 Å². The predicted octanol–water partition coefficient (Wildman–Crippen LogP) is 3.59. The molecular formula is C18H13N3O3. The third-order valence-corrected chi connectivity index (χ3v) is 4.01. The number of ether oxygens (including phenoxy) is 1. The van der Waals surface area contributed by atoms with Crippen molar-refractivity contribution >= 4 is 0 Å². The lowest BCUT2D eigenvalue weighted by molar-refractivity contribution is 0.184. The lowest BCUT2D eigenvalue weighted by atomic mass is 9.88. The van der Waals surface area contributed by atoms with Gasteiger partial charge in [0.2, 0.25) is 5.88 Å². The molecule has 0 aliphatic carbocycles. The van der Waals surface area contributed by atoms with Crippen molar-refractivity contribution in [1.82, 2.24) is 9.78 Å². The second-order valence-corrected chi connectivity index (χ2v) is 5.43. The van der Waals surface area contributed by atoms with Crippen LogP contribution in [0.1, 0.15) is 22.9 Å². The molecule has 1 aromatic carbocycles. The van der Waals surface area contributed by atoms with Crippen molar-refractivity contribution in [1.29, 1.82) is 5.26 Å². The van der Waals surface area contributed by atoms with Gasteiger partial charge in [0, 0.05) is 0 Å². The number of furan rings is 1. The number of allylic oxidation sites excluding steroid dienone is 1. The molecule has 0 fully saturated rings. The fourth-order valence-corrected chi connectivity index (χ4v) is 2.96. The molecule has 6 nitrogen and oxygen atoms in total. The summed E-state index contributed by atoms with van der Waals surface area (Å²) in [6.45, 7) is 1.84. The number of para-hydroxylation sites is 1. The molecule has 0 spiro atoms. The zero-order chi connectivity index (χ0) is 16.7. The number of aliphatic hydroxyl groups is 1. The van der Waals surface area contributed by atoms with E-state index in [2.05, 4.69) is 5.10 Å². The Balaban J connectivity index is 1.97. The Morgan fingerprint density at radius 2 is 2.00 bits per heavy atom. The van der Waals surface area contributed by atoms with E-state index < -0.39 is 11.9 Å². The van der Waals surface area contributed by atoms with Crippen LogP contribution in [-0.2, 0) is 0 Å². The van der Waals surface area contributed by atoms with Crippen LogP contribution in [-0.4, -0.2) is 14.9 Å². The molecule has 0 bridgehead atoms. The highest BCUT2D eigenvalue weighted by molar-refractivity contribution is 5.55. The molecule has 4 rings (SSSR count). The lowest BCUT2D eigenvalue weighted by Gasteiger charge is -2.22. The Labute approximate surface area is 137 Å². The van der Waals surface area contributed by atoms with Crippen LogP contribution in [0, 0.1) is 18.3 Å². The Bertz CT molecular complexity index is 963. The molecule has 24 heavy (non-hydrogen) atoms. The van der Waals surface area contributed by atoms with Crippen molar-refractivity contribution < 1.29 is 14.3 Å². The Kier molecular flexibility index (Phi) is 3.14. The zero-order valence-corrected chi connectivity index (χ0v) is 12.8. The van der Waals surface area contributed by atoms with Gasteiger partial charge in [0.25, 0.3) is 5.95 Å². The number of aryl methyl sites for hydroxylation is 1. The number of benzene rings is 1. The van der Waals surface area contributed by atoms with Gasteiger partial charge in [-0.2, -0.15) is 10.4 Å². The maximum Gasteiger partial charge on any atom is 0.299 e. The average Bonchev–Trinajstić information content (AvgIpc) is 3.23. The Morgan fingerprint density at radius 3 is 2.67 bits per heavy atom. The first kappa shape index (κ1) is 14.2. The highest BCUT2D eigenvalue weighted by atomic mass is 16.6. The summed E-state index contributed by atoms with van der Waals surface area (Å²) in [5, 5.41) is 24.2. The topological polar surface area (TPSA) is 84.2 Å². The minimum Gasteiger partial charge on any atom is -0.480 e. The van der Waals surface area contributed by atoms with Gasteiger partial charge in [-0.1, -0.05) is 18.2 Å². The molecule has 1 atom stereocenters. The highest BCUT2D eigenvalue weighted by Gasteiger charge is 2.38. The molecule has 0 saturated carbocycles. The number of hydrogen-bond acceptors (Lipinski definition) is 5. The summed E-state index contributed by atoms with van der Waals surface area (Å²) in [5.74, 6) is -0.0374. The molecule has 0 unspecified atom stereocenters. The fourth-order valence-electron chi connectivity index (χ4n) is 2.96. The first-order valence-corrected chi connectivity index (χ1v) is 7.40. The van der Waals surface area contributed by atoms with Crippen LogP contribution in [0.3, 0.4) is 0 Å². The third-order valence-electron chi connectivity index (χ3n) is 4.01. The predicted molar refractivity (Wildman–Crippen MR) is 84.7 cm³/mol. The fraction of sp³-hybridized carbons (Fsp3) is 0.111.